The molecule has 1 N–H and O–H groups in total. The Bertz CT molecular complexity index is 1750. The van der Waals surface area contributed by atoms with Crippen molar-refractivity contribution in [2.75, 3.05) is 13.6 Å². The number of likely N-dealkylation sites (tertiary alicyclic amines) is 1. The van der Waals surface area contributed by atoms with Crippen LogP contribution in [0.3, 0.4) is 0 Å². The number of rotatable bonds is 5. The van der Waals surface area contributed by atoms with Crippen molar-refractivity contribution in [3.05, 3.63) is 59.5 Å². The molecule has 2 unspecified atom stereocenters. The molecule has 15 heteroatoms. The Balaban J connectivity index is 1.28. The highest BCUT2D eigenvalue weighted by Gasteiger charge is 2.52. The van der Waals surface area contributed by atoms with Gasteiger partial charge >= 0.3 is 21.7 Å². The largest absolute Gasteiger partial charge is 0.534 e. The van der Waals surface area contributed by atoms with Crippen LogP contribution in [0.5, 0.6) is 5.75 Å². The van der Waals surface area contributed by atoms with Crippen molar-refractivity contribution in [2.45, 2.75) is 75.2 Å². The number of fused-ring (bicyclic) bond motifs is 5. The molecular weight excluding hydrogens is 623 g/mol. The standard InChI is InChI=1S/C30H31F5N4O5S/c1-28(2,3)43-27(40)39-15-29(31,32)13-22(39)26-36-14-19(37-26)17-7-5-16(6-8-17)18-9-12-23(44-45(41,42)30(33,34)35)25-21-11-10-20(24(18)25)38(21)4/h5-9,12,14,20-22H,10-11,13,15H2,1-4H3,(H,36,37)/t20?,21?,22-/m0/s1. The van der Waals surface area contributed by atoms with Gasteiger partial charge in [-0.2, -0.15) is 21.6 Å². The average molecular weight is 655 g/mol. The molecule has 45 heavy (non-hydrogen) atoms. The van der Waals surface area contributed by atoms with Crippen LogP contribution in [0, 0.1) is 0 Å². The highest BCUT2D eigenvalue weighted by atomic mass is 32.2. The zero-order valence-corrected chi connectivity index (χ0v) is 25.6. The molecule has 0 saturated carbocycles. The minimum Gasteiger partial charge on any atom is -0.444 e. The van der Waals surface area contributed by atoms with Crippen LogP contribution in [0.25, 0.3) is 22.4 Å². The number of alkyl halides is 5. The van der Waals surface area contributed by atoms with Gasteiger partial charge in [0.15, 0.2) is 0 Å². The molecule has 242 valence electrons. The van der Waals surface area contributed by atoms with Crippen LogP contribution in [-0.4, -0.2) is 64.9 Å². The lowest BCUT2D eigenvalue weighted by Crippen LogP contribution is -2.38. The van der Waals surface area contributed by atoms with E-state index in [9.17, 15) is 35.2 Å². The zero-order valence-electron chi connectivity index (χ0n) is 24.8. The van der Waals surface area contributed by atoms with Gasteiger partial charge in [-0.25, -0.2) is 18.6 Å². The minimum absolute atomic E-state index is 0.122. The van der Waals surface area contributed by atoms with Crippen molar-refractivity contribution in [3.8, 4) is 28.1 Å². The van der Waals surface area contributed by atoms with Crippen molar-refractivity contribution in [1.29, 1.82) is 0 Å². The van der Waals surface area contributed by atoms with E-state index < -0.39 is 52.3 Å². The quantitative estimate of drug-likeness (QED) is 0.178. The maximum Gasteiger partial charge on any atom is 0.534 e. The summed E-state index contributed by atoms with van der Waals surface area (Å²) >= 11 is 0. The molecule has 2 bridgehead atoms. The van der Waals surface area contributed by atoms with Crippen molar-refractivity contribution in [2.24, 2.45) is 0 Å². The SMILES string of the molecule is CN1C2CCC1c1c(-c3ccc(-c4c[nH]c([C@@H]5CC(F)(F)CN5C(=O)OC(C)(C)C)n4)cc3)ccc(OS(=O)(=O)C(F)(F)F)c12. The molecule has 3 aromatic rings. The fourth-order valence-electron chi connectivity index (χ4n) is 6.49. The molecule has 2 aromatic carbocycles. The van der Waals surface area contributed by atoms with Crippen molar-refractivity contribution < 1.29 is 44.1 Å². The fraction of sp³-hybridized carbons (Fsp3) is 0.467. The van der Waals surface area contributed by atoms with Crippen LogP contribution in [0.15, 0.2) is 42.6 Å². The van der Waals surface area contributed by atoms with Crippen molar-refractivity contribution in [1.82, 2.24) is 19.8 Å². The van der Waals surface area contributed by atoms with Gasteiger partial charge in [0.25, 0.3) is 5.92 Å². The number of nitrogens with one attached hydrogen (secondary N) is 1. The Kier molecular flexibility index (Phi) is 7.23. The van der Waals surface area contributed by atoms with E-state index in [1.807, 2.05) is 11.9 Å². The first-order valence-electron chi connectivity index (χ1n) is 14.3. The van der Waals surface area contributed by atoms with Gasteiger partial charge in [0.1, 0.15) is 17.2 Å². The summed E-state index contributed by atoms with van der Waals surface area (Å²) in [6.07, 6.45) is 1.51. The van der Waals surface area contributed by atoms with Gasteiger partial charge in [-0.1, -0.05) is 30.3 Å². The highest BCUT2D eigenvalue weighted by Crippen LogP contribution is 2.58. The second-order valence-corrected chi connectivity index (χ2v) is 14.2. The number of carbonyl (C=O) groups is 1. The van der Waals surface area contributed by atoms with Crippen LogP contribution in [-0.2, 0) is 14.9 Å². The number of hydrogen-bond acceptors (Lipinski definition) is 7. The molecule has 4 heterocycles. The summed E-state index contributed by atoms with van der Waals surface area (Å²) in [7, 11) is -4.00. The van der Waals surface area contributed by atoms with Gasteiger partial charge < -0.3 is 13.9 Å². The number of amides is 1. The van der Waals surface area contributed by atoms with E-state index in [1.54, 1.807) is 57.3 Å². The Labute approximate surface area is 256 Å². The third-order valence-electron chi connectivity index (χ3n) is 8.40. The monoisotopic (exact) mass is 654 g/mol. The zero-order chi connectivity index (χ0) is 32.7. The first-order chi connectivity index (χ1) is 20.9. The molecule has 9 nitrogen and oxygen atoms in total. The number of ether oxygens (including phenoxy) is 1. The van der Waals surface area contributed by atoms with Gasteiger partial charge in [0, 0.05) is 35.8 Å². The number of benzene rings is 2. The Hall–Kier alpha value is -3.72. The Morgan fingerprint density at radius 3 is 2.22 bits per heavy atom. The topological polar surface area (TPSA) is 105 Å². The lowest BCUT2D eigenvalue weighted by Gasteiger charge is -2.27. The first-order valence-corrected chi connectivity index (χ1v) is 15.7. The van der Waals surface area contributed by atoms with E-state index in [1.165, 1.54) is 6.07 Å². The molecule has 3 aliphatic rings. The molecule has 1 amide bonds. The average Bonchev–Trinajstić information content (AvgIpc) is 3.69. The molecular formula is C30H31F5N4O5S. The normalized spacial score (nSPS) is 23.0. The van der Waals surface area contributed by atoms with Crippen LogP contribution in [0.1, 0.15) is 75.1 Å². The molecule has 3 atom stereocenters. The molecule has 0 aliphatic carbocycles. The predicted molar refractivity (Wildman–Crippen MR) is 153 cm³/mol. The Morgan fingerprint density at radius 2 is 1.60 bits per heavy atom. The van der Waals surface area contributed by atoms with E-state index >= 15 is 0 Å². The van der Waals surface area contributed by atoms with Gasteiger partial charge in [-0.3, -0.25) is 9.80 Å². The smallest absolute Gasteiger partial charge is 0.444 e. The highest BCUT2D eigenvalue weighted by molar-refractivity contribution is 7.88. The van der Waals surface area contributed by atoms with Gasteiger partial charge in [0.05, 0.1) is 18.3 Å². The molecule has 6 rings (SSSR count). The summed E-state index contributed by atoms with van der Waals surface area (Å²) < 4.78 is 102. The summed E-state index contributed by atoms with van der Waals surface area (Å²) in [5.74, 6) is -3.25. The lowest BCUT2D eigenvalue weighted by atomic mass is 9.85. The van der Waals surface area contributed by atoms with Crippen LogP contribution in [0.4, 0.5) is 26.7 Å². The number of aromatic amines is 1. The lowest BCUT2D eigenvalue weighted by molar-refractivity contribution is -0.0500. The summed E-state index contributed by atoms with van der Waals surface area (Å²) in [4.78, 5) is 23.1. The second kappa shape index (κ2) is 10.4. The van der Waals surface area contributed by atoms with Crippen molar-refractivity contribution >= 4 is 16.2 Å². The third-order valence-corrected chi connectivity index (χ3v) is 9.36. The number of carbonyl (C=O) groups excluding carboxylic acids is 1. The summed E-state index contributed by atoms with van der Waals surface area (Å²) in [5.41, 5.74) is -2.68. The van der Waals surface area contributed by atoms with Crippen LogP contribution < -0.4 is 4.18 Å². The maximum atomic E-state index is 14.4. The summed E-state index contributed by atoms with van der Waals surface area (Å²) in [6, 6.07) is 8.54. The molecule has 1 aromatic heterocycles. The molecule has 0 radical (unpaired) electrons. The summed E-state index contributed by atoms with van der Waals surface area (Å²) in [6.45, 7) is 4.17. The van der Waals surface area contributed by atoms with E-state index in [4.69, 9.17) is 4.74 Å². The first kappa shape index (κ1) is 31.3. The van der Waals surface area contributed by atoms with Crippen molar-refractivity contribution in [3.63, 3.8) is 0 Å². The van der Waals surface area contributed by atoms with E-state index in [2.05, 4.69) is 14.2 Å². The predicted octanol–water partition coefficient (Wildman–Crippen LogP) is 7.11. The molecule has 2 saturated heterocycles. The third kappa shape index (κ3) is 5.64. The molecule has 3 aliphatic heterocycles. The summed E-state index contributed by atoms with van der Waals surface area (Å²) in [5, 5.41) is 0. The minimum atomic E-state index is -5.85. The molecule has 2 fully saturated rings. The van der Waals surface area contributed by atoms with Gasteiger partial charge in [-0.05, 0) is 63.4 Å². The number of halogens is 5. The Morgan fingerprint density at radius 1 is 0.978 bits per heavy atom. The molecule has 0 spiro atoms. The van der Waals surface area contributed by atoms with E-state index in [-0.39, 0.29) is 23.7 Å². The van der Waals surface area contributed by atoms with E-state index in [0.29, 0.717) is 23.2 Å². The van der Waals surface area contributed by atoms with Gasteiger partial charge in [0.2, 0.25) is 0 Å². The van der Waals surface area contributed by atoms with Gasteiger partial charge in [-0.15, -0.1) is 0 Å². The second-order valence-electron chi connectivity index (χ2n) is 12.6. The number of nitrogens with zero attached hydrogens (tertiary/aromatic N) is 3. The number of H-pyrrole nitrogens is 1. The van der Waals surface area contributed by atoms with Crippen LogP contribution >= 0.6 is 0 Å². The number of hydrogen-bond donors (Lipinski definition) is 1. The number of aromatic nitrogens is 2. The van der Waals surface area contributed by atoms with E-state index in [0.717, 1.165) is 28.0 Å². The maximum absolute atomic E-state index is 14.4. The number of imidazole rings is 1. The van der Waals surface area contributed by atoms with Crippen LogP contribution in [0.2, 0.25) is 0 Å². The fourth-order valence-corrected chi connectivity index (χ4v) is 6.97.